The smallest absolute Gasteiger partial charge is 0.296 e. The molecule has 36 heavy (non-hydrogen) atoms. The van der Waals surface area contributed by atoms with Gasteiger partial charge in [0, 0.05) is 29.9 Å². The number of ether oxygens (including phenoxy) is 3. The van der Waals surface area contributed by atoms with Crippen molar-refractivity contribution in [2.24, 2.45) is 7.05 Å². The molecule has 9 heteroatoms. The van der Waals surface area contributed by atoms with E-state index in [1.165, 1.54) is 4.68 Å². The second kappa shape index (κ2) is 8.46. The molecular formula is C27H22N4O5. The second-order valence-corrected chi connectivity index (χ2v) is 8.43. The van der Waals surface area contributed by atoms with Crippen molar-refractivity contribution in [3.63, 3.8) is 0 Å². The highest BCUT2D eigenvalue weighted by atomic mass is 16.7. The highest BCUT2D eigenvalue weighted by Crippen LogP contribution is 2.33. The van der Waals surface area contributed by atoms with Gasteiger partial charge in [-0.25, -0.2) is 0 Å². The van der Waals surface area contributed by atoms with Crippen LogP contribution in [0.25, 0.3) is 27.5 Å². The van der Waals surface area contributed by atoms with Gasteiger partial charge in [-0.3, -0.25) is 9.59 Å². The van der Waals surface area contributed by atoms with Gasteiger partial charge in [0.25, 0.3) is 11.5 Å². The van der Waals surface area contributed by atoms with Crippen LogP contribution in [0.15, 0.2) is 71.5 Å². The zero-order valence-electron chi connectivity index (χ0n) is 19.6. The number of fused-ring (bicyclic) bond motifs is 4. The molecule has 3 aromatic carbocycles. The molecule has 0 atom stereocenters. The van der Waals surface area contributed by atoms with Crippen LogP contribution in [-0.4, -0.2) is 34.2 Å². The van der Waals surface area contributed by atoms with Crippen LogP contribution >= 0.6 is 0 Å². The molecule has 0 saturated carbocycles. The van der Waals surface area contributed by atoms with Crippen LogP contribution in [0.4, 0.5) is 0 Å². The molecule has 1 amide bonds. The standard InChI is InChI=1S/C27H22N4O5/c1-30-20-6-4-3-5-19(20)23-24(26(32)28-14-16-7-12-21-22(13-16)36-15-35-21)29-31(27(33)25(23)30)17-8-10-18(34-2)11-9-17/h3-13H,14-15H2,1-2H3,(H,28,32). The van der Waals surface area contributed by atoms with Gasteiger partial charge in [0.15, 0.2) is 17.2 Å². The van der Waals surface area contributed by atoms with Gasteiger partial charge in [-0.15, -0.1) is 0 Å². The summed E-state index contributed by atoms with van der Waals surface area (Å²) in [6.07, 6.45) is 0. The number of benzene rings is 3. The Kier molecular flexibility index (Phi) is 5.10. The molecule has 0 unspecified atom stereocenters. The van der Waals surface area contributed by atoms with Gasteiger partial charge < -0.3 is 24.1 Å². The van der Waals surface area contributed by atoms with Crippen molar-refractivity contribution in [1.82, 2.24) is 19.7 Å². The molecule has 1 aliphatic rings. The minimum Gasteiger partial charge on any atom is -0.497 e. The highest BCUT2D eigenvalue weighted by molar-refractivity contribution is 6.16. The number of rotatable bonds is 5. The first kappa shape index (κ1) is 21.7. The van der Waals surface area contributed by atoms with E-state index in [-0.39, 0.29) is 24.6 Å². The third-order valence-electron chi connectivity index (χ3n) is 6.36. The first-order valence-electron chi connectivity index (χ1n) is 11.4. The van der Waals surface area contributed by atoms with Crippen molar-refractivity contribution < 1.29 is 19.0 Å². The summed E-state index contributed by atoms with van der Waals surface area (Å²) in [6, 6.07) is 20.1. The van der Waals surface area contributed by atoms with Crippen molar-refractivity contribution in [1.29, 1.82) is 0 Å². The van der Waals surface area contributed by atoms with Gasteiger partial charge >= 0.3 is 0 Å². The number of para-hydroxylation sites is 1. The number of methoxy groups -OCH3 is 1. The maximum absolute atomic E-state index is 13.6. The monoisotopic (exact) mass is 482 g/mol. The van der Waals surface area contributed by atoms with Crippen molar-refractivity contribution in [3.05, 3.63) is 88.3 Å². The number of aryl methyl sites for hydroxylation is 1. The number of carbonyl (C=O) groups excluding carboxylic acids is 1. The van der Waals surface area contributed by atoms with E-state index >= 15 is 0 Å². The van der Waals surface area contributed by atoms with Gasteiger partial charge in [-0.2, -0.15) is 9.78 Å². The summed E-state index contributed by atoms with van der Waals surface area (Å²) in [7, 11) is 3.39. The number of carbonyl (C=O) groups is 1. The number of nitrogens with one attached hydrogen (secondary N) is 1. The first-order chi connectivity index (χ1) is 17.5. The fourth-order valence-electron chi connectivity index (χ4n) is 4.55. The minimum absolute atomic E-state index is 0.165. The largest absolute Gasteiger partial charge is 0.497 e. The lowest BCUT2D eigenvalue weighted by Gasteiger charge is -2.11. The number of nitrogens with zero attached hydrogens (tertiary/aromatic N) is 3. The Morgan fingerprint density at radius 3 is 2.64 bits per heavy atom. The number of aromatic nitrogens is 3. The summed E-state index contributed by atoms with van der Waals surface area (Å²) in [5, 5.41) is 8.81. The Labute approximate surface area is 205 Å². The predicted octanol–water partition coefficient (Wildman–Crippen LogP) is 3.54. The number of hydrogen-bond acceptors (Lipinski definition) is 6. The van der Waals surface area contributed by atoms with Crippen LogP contribution in [0, 0.1) is 0 Å². The molecule has 1 aliphatic heterocycles. The molecule has 0 spiro atoms. The van der Waals surface area contributed by atoms with Crippen LogP contribution in [0.5, 0.6) is 17.2 Å². The SMILES string of the molecule is COc1ccc(-n2nc(C(=O)NCc3ccc4c(c3)OCO4)c3c4ccccc4n(C)c3c2=O)cc1. The molecule has 9 nitrogen and oxygen atoms in total. The van der Waals surface area contributed by atoms with Gasteiger partial charge in [-0.1, -0.05) is 24.3 Å². The maximum atomic E-state index is 13.6. The molecule has 2 aromatic heterocycles. The molecule has 0 radical (unpaired) electrons. The zero-order chi connectivity index (χ0) is 24.8. The highest BCUT2D eigenvalue weighted by Gasteiger charge is 2.23. The van der Waals surface area contributed by atoms with Crippen LogP contribution < -0.4 is 25.1 Å². The first-order valence-corrected chi connectivity index (χ1v) is 11.4. The quantitative estimate of drug-likeness (QED) is 0.412. The topological polar surface area (TPSA) is 96.6 Å². The van der Waals surface area contributed by atoms with Crippen molar-refractivity contribution in [2.75, 3.05) is 13.9 Å². The van der Waals surface area contributed by atoms with E-state index in [2.05, 4.69) is 10.4 Å². The van der Waals surface area contributed by atoms with E-state index in [9.17, 15) is 9.59 Å². The molecule has 180 valence electrons. The van der Waals surface area contributed by atoms with Gasteiger partial charge in [0.05, 0.1) is 12.8 Å². The van der Waals surface area contributed by atoms with Crippen molar-refractivity contribution in [2.45, 2.75) is 6.54 Å². The van der Waals surface area contributed by atoms with Crippen LogP contribution in [-0.2, 0) is 13.6 Å². The summed E-state index contributed by atoms with van der Waals surface area (Å²) >= 11 is 0. The lowest BCUT2D eigenvalue weighted by molar-refractivity contribution is 0.0946. The molecule has 0 saturated heterocycles. The average molecular weight is 482 g/mol. The molecule has 5 aromatic rings. The Morgan fingerprint density at radius 2 is 1.83 bits per heavy atom. The van der Waals surface area contributed by atoms with Crippen LogP contribution in [0.2, 0.25) is 0 Å². The van der Waals surface area contributed by atoms with E-state index in [0.717, 1.165) is 16.5 Å². The summed E-state index contributed by atoms with van der Waals surface area (Å²) in [6.45, 7) is 0.437. The predicted molar refractivity (Wildman–Crippen MR) is 134 cm³/mol. The molecule has 1 N–H and O–H groups in total. The Bertz CT molecular complexity index is 1700. The molecule has 0 bridgehead atoms. The van der Waals surface area contributed by atoms with Crippen molar-refractivity contribution >= 4 is 27.7 Å². The summed E-state index contributed by atoms with van der Waals surface area (Å²) in [5.74, 6) is 1.58. The van der Waals surface area contributed by atoms with Crippen molar-refractivity contribution in [3.8, 4) is 22.9 Å². The van der Waals surface area contributed by atoms with E-state index in [4.69, 9.17) is 14.2 Å². The van der Waals surface area contributed by atoms with Crippen LogP contribution in [0.1, 0.15) is 16.1 Å². The Morgan fingerprint density at radius 1 is 1.06 bits per heavy atom. The second-order valence-electron chi connectivity index (χ2n) is 8.43. The lowest BCUT2D eigenvalue weighted by Crippen LogP contribution is -2.30. The molecule has 0 aliphatic carbocycles. The Hall–Kier alpha value is -4.79. The minimum atomic E-state index is -0.392. The van der Waals surface area contributed by atoms with E-state index in [1.54, 1.807) is 31.4 Å². The van der Waals surface area contributed by atoms with E-state index < -0.39 is 5.91 Å². The number of amides is 1. The van der Waals surface area contributed by atoms with Crippen LogP contribution in [0.3, 0.4) is 0 Å². The number of hydrogen-bond donors (Lipinski definition) is 1. The summed E-state index contributed by atoms with van der Waals surface area (Å²) in [4.78, 5) is 27.2. The molecular weight excluding hydrogens is 460 g/mol. The third-order valence-corrected chi connectivity index (χ3v) is 6.36. The van der Waals surface area contributed by atoms with E-state index in [1.807, 2.05) is 54.1 Å². The fourth-order valence-corrected chi connectivity index (χ4v) is 4.55. The Balaban J connectivity index is 1.47. The summed E-state index contributed by atoms with van der Waals surface area (Å²) < 4.78 is 19.1. The lowest BCUT2D eigenvalue weighted by atomic mass is 10.1. The summed E-state index contributed by atoms with van der Waals surface area (Å²) in [5.41, 5.74) is 2.46. The molecule has 0 fully saturated rings. The molecule has 3 heterocycles. The third kappa shape index (κ3) is 3.44. The zero-order valence-corrected chi connectivity index (χ0v) is 19.6. The molecule has 6 rings (SSSR count). The van der Waals surface area contributed by atoms with Gasteiger partial charge in [-0.05, 0) is 48.0 Å². The maximum Gasteiger partial charge on any atom is 0.296 e. The van der Waals surface area contributed by atoms with Gasteiger partial charge in [0.1, 0.15) is 11.3 Å². The average Bonchev–Trinajstić information content (AvgIpc) is 3.50. The van der Waals surface area contributed by atoms with Gasteiger partial charge in [0.2, 0.25) is 6.79 Å². The van der Waals surface area contributed by atoms with E-state index in [0.29, 0.717) is 33.8 Å². The fraction of sp³-hybridized carbons (Fsp3) is 0.148. The normalized spacial score (nSPS) is 12.3.